The lowest BCUT2D eigenvalue weighted by Gasteiger charge is -2.13. The van der Waals surface area contributed by atoms with E-state index in [4.69, 9.17) is 4.42 Å². The van der Waals surface area contributed by atoms with E-state index in [0.29, 0.717) is 25.6 Å². The fraction of sp³-hybridized carbons (Fsp3) is 0.316. The van der Waals surface area contributed by atoms with Gasteiger partial charge in [-0.2, -0.15) is 0 Å². The molecule has 2 heterocycles. The van der Waals surface area contributed by atoms with E-state index in [1.165, 1.54) is 12.1 Å². The molecule has 3 aromatic rings. The molecule has 7 nitrogen and oxygen atoms in total. The maximum Gasteiger partial charge on any atom is 0.192 e. The first-order valence-corrected chi connectivity index (χ1v) is 8.90. The van der Waals surface area contributed by atoms with Crippen molar-refractivity contribution in [3.8, 4) is 0 Å². The van der Waals surface area contributed by atoms with Crippen LogP contribution in [-0.4, -0.2) is 27.3 Å². The van der Waals surface area contributed by atoms with Gasteiger partial charge in [0.15, 0.2) is 5.96 Å². The molecule has 0 radical (unpaired) electrons. The van der Waals surface area contributed by atoms with Crippen LogP contribution in [0.2, 0.25) is 0 Å². The van der Waals surface area contributed by atoms with Gasteiger partial charge in [0.25, 0.3) is 0 Å². The molecule has 2 N–H and O–H groups in total. The number of guanidine groups is 1. The van der Waals surface area contributed by atoms with Crippen molar-refractivity contribution in [2.45, 2.75) is 33.0 Å². The van der Waals surface area contributed by atoms with Crippen molar-refractivity contribution in [1.29, 1.82) is 0 Å². The minimum atomic E-state index is -0.252. The largest absolute Gasteiger partial charge is 0.467 e. The lowest BCUT2D eigenvalue weighted by molar-refractivity contribution is 0.501. The number of rotatable bonds is 8. The summed E-state index contributed by atoms with van der Waals surface area (Å²) >= 11 is 0. The van der Waals surface area contributed by atoms with Gasteiger partial charge in [0.05, 0.1) is 19.4 Å². The Labute approximate surface area is 157 Å². The number of nitrogens with zero attached hydrogens (tertiary/aromatic N) is 4. The third-order valence-electron chi connectivity index (χ3n) is 4.00. The molecule has 0 aliphatic heterocycles. The molecule has 1 aromatic carbocycles. The van der Waals surface area contributed by atoms with Gasteiger partial charge in [-0.3, -0.25) is 0 Å². The Balaban J connectivity index is 1.59. The number of halogens is 1. The summed E-state index contributed by atoms with van der Waals surface area (Å²) in [5.74, 6) is 2.17. The molecule has 0 aliphatic carbocycles. The molecule has 0 unspecified atom stereocenters. The van der Waals surface area contributed by atoms with E-state index in [0.717, 1.165) is 30.1 Å². The Morgan fingerprint density at radius 2 is 2.07 bits per heavy atom. The van der Waals surface area contributed by atoms with E-state index in [1.54, 1.807) is 24.7 Å². The number of aliphatic imine (C=N–C) groups is 1. The third-order valence-corrected chi connectivity index (χ3v) is 4.00. The van der Waals surface area contributed by atoms with Crippen LogP contribution < -0.4 is 10.6 Å². The average molecular weight is 370 g/mol. The first-order valence-electron chi connectivity index (χ1n) is 8.90. The van der Waals surface area contributed by atoms with E-state index in [1.807, 2.05) is 16.7 Å². The normalized spacial score (nSPS) is 11.6. The van der Waals surface area contributed by atoms with Crippen LogP contribution in [0.1, 0.15) is 24.1 Å². The second kappa shape index (κ2) is 9.51. The molecular formula is C19H23FN6O. The summed E-state index contributed by atoms with van der Waals surface area (Å²) < 4.78 is 20.4. The molecular weight excluding hydrogens is 347 g/mol. The SMILES string of the molecule is CCc1nncn1CCNC(=NCc1ccc(F)cc1)NCc1ccco1. The lowest BCUT2D eigenvalue weighted by Crippen LogP contribution is -2.38. The molecule has 0 spiro atoms. The fourth-order valence-corrected chi connectivity index (χ4v) is 2.55. The van der Waals surface area contributed by atoms with Gasteiger partial charge in [0.1, 0.15) is 23.7 Å². The van der Waals surface area contributed by atoms with Crippen LogP contribution >= 0.6 is 0 Å². The highest BCUT2D eigenvalue weighted by Crippen LogP contribution is 2.04. The van der Waals surface area contributed by atoms with Gasteiger partial charge < -0.3 is 19.6 Å². The zero-order valence-electron chi connectivity index (χ0n) is 15.2. The number of aromatic nitrogens is 3. The molecule has 8 heteroatoms. The van der Waals surface area contributed by atoms with Crippen LogP contribution in [0.5, 0.6) is 0 Å². The number of hydrogen-bond donors (Lipinski definition) is 2. The Bertz CT molecular complexity index is 841. The fourth-order valence-electron chi connectivity index (χ4n) is 2.55. The lowest BCUT2D eigenvalue weighted by atomic mass is 10.2. The van der Waals surface area contributed by atoms with Crippen LogP contribution in [0.4, 0.5) is 4.39 Å². The molecule has 0 saturated heterocycles. The molecule has 0 atom stereocenters. The molecule has 27 heavy (non-hydrogen) atoms. The van der Waals surface area contributed by atoms with Gasteiger partial charge in [-0.25, -0.2) is 9.38 Å². The van der Waals surface area contributed by atoms with Gasteiger partial charge in [-0.05, 0) is 29.8 Å². The van der Waals surface area contributed by atoms with Crippen LogP contribution in [0, 0.1) is 5.82 Å². The highest BCUT2D eigenvalue weighted by atomic mass is 19.1. The molecule has 0 bridgehead atoms. The summed E-state index contributed by atoms with van der Waals surface area (Å²) in [4.78, 5) is 4.57. The summed E-state index contributed by atoms with van der Waals surface area (Å²) in [5.41, 5.74) is 0.933. The summed E-state index contributed by atoms with van der Waals surface area (Å²) in [7, 11) is 0. The highest BCUT2D eigenvalue weighted by Gasteiger charge is 2.04. The Hall–Kier alpha value is -3.16. The summed E-state index contributed by atoms with van der Waals surface area (Å²) in [6.07, 6.45) is 4.20. The van der Waals surface area contributed by atoms with Crippen molar-refractivity contribution in [3.63, 3.8) is 0 Å². The third kappa shape index (κ3) is 5.67. The van der Waals surface area contributed by atoms with E-state index in [9.17, 15) is 4.39 Å². The smallest absolute Gasteiger partial charge is 0.192 e. The zero-order chi connectivity index (χ0) is 18.9. The molecule has 0 saturated carbocycles. The number of benzene rings is 1. The second-order valence-electron chi connectivity index (χ2n) is 5.95. The van der Waals surface area contributed by atoms with Gasteiger partial charge in [-0.1, -0.05) is 19.1 Å². The molecule has 0 aliphatic rings. The monoisotopic (exact) mass is 370 g/mol. The van der Waals surface area contributed by atoms with Gasteiger partial charge >= 0.3 is 0 Å². The Morgan fingerprint density at radius 1 is 1.22 bits per heavy atom. The van der Waals surface area contributed by atoms with Crippen molar-refractivity contribution in [2.24, 2.45) is 4.99 Å². The van der Waals surface area contributed by atoms with Crippen molar-refractivity contribution >= 4 is 5.96 Å². The average Bonchev–Trinajstić information content (AvgIpc) is 3.36. The first-order chi connectivity index (χ1) is 13.2. The molecule has 0 fully saturated rings. The van der Waals surface area contributed by atoms with E-state index >= 15 is 0 Å². The molecule has 2 aromatic heterocycles. The number of furan rings is 1. The van der Waals surface area contributed by atoms with E-state index in [-0.39, 0.29) is 5.82 Å². The van der Waals surface area contributed by atoms with Crippen molar-refractivity contribution in [2.75, 3.05) is 6.54 Å². The second-order valence-corrected chi connectivity index (χ2v) is 5.95. The van der Waals surface area contributed by atoms with Gasteiger partial charge in [-0.15, -0.1) is 10.2 Å². The quantitative estimate of drug-likeness (QED) is 0.470. The summed E-state index contributed by atoms with van der Waals surface area (Å²) in [5, 5.41) is 14.6. The van der Waals surface area contributed by atoms with E-state index < -0.39 is 0 Å². The minimum Gasteiger partial charge on any atom is -0.467 e. The van der Waals surface area contributed by atoms with Gasteiger partial charge in [0.2, 0.25) is 0 Å². The predicted molar refractivity (Wildman–Crippen MR) is 100 cm³/mol. The standard InChI is InChI=1S/C19H23FN6O/c1-2-18-25-24-14-26(18)10-9-21-19(23-13-17-4-3-11-27-17)22-12-15-5-7-16(20)8-6-15/h3-8,11,14H,2,9-10,12-13H2,1H3,(H2,21,22,23). The maximum atomic E-state index is 13.0. The molecule has 3 rings (SSSR count). The first kappa shape index (κ1) is 18.6. The predicted octanol–water partition coefficient (Wildman–Crippen LogP) is 2.51. The number of nitrogens with one attached hydrogen (secondary N) is 2. The highest BCUT2D eigenvalue weighted by molar-refractivity contribution is 5.79. The van der Waals surface area contributed by atoms with Crippen LogP contribution in [-0.2, 0) is 26.1 Å². The maximum absolute atomic E-state index is 13.0. The zero-order valence-corrected chi connectivity index (χ0v) is 15.2. The molecule has 0 amide bonds. The van der Waals surface area contributed by atoms with Crippen LogP contribution in [0.25, 0.3) is 0 Å². The van der Waals surface area contributed by atoms with Crippen molar-refractivity contribution in [3.05, 3.63) is 72.0 Å². The van der Waals surface area contributed by atoms with Crippen LogP contribution in [0.3, 0.4) is 0 Å². The minimum absolute atomic E-state index is 0.252. The Morgan fingerprint density at radius 3 is 2.81 bits per heavy atom. The van der Waals surface area contributed by atoms with E-state index in [2.05, 4.69) is 32.7 Å². The van der Waals surface area contributed by atoms with Crippen molar-refractivity contribution < 1.29 is 8.81 Å². The molecule has 142 valence electrons. The number of aryl methyl sites for hydroxylation is 1. The summed E-state index contributed by atoms with van der Waals surface area (Å²) in [6.45, 7) is 4.41. The Kier molecular flexibility index (Phi) is 6.56. The van der Waals surface area contributed by atoms with Crippen LogP contribution in [0.15, 0.2) is 58.4 Å². The van der Waals surface area contributed by atoms with Gasteiger partial charge in [0, 0.05) is 19.5 Å². The number of hydrogen-bond acceptors (Lipinski definition) is 4. The topological polar surface area (TPSA) is 80.3 Å². The summed E-state index contributed by atoms with van der Waals surface area (Å²) in [6, 6.07) is 10.1. The van der Waals surface area contributed by atoms with Crippen molar-refractivity contribution in [1.82, 2.24) is 25.4 Å².